The number of methoxy groups -OCH3 is 1. The van der Waals surface area contributed by atoms with Gasteiger partial charge in [-0.1, -0.05) is 30.3 Å². The molecule has 2 amide bonds. The van der Waals surface area contributed by atoms with Crippen molar-refractivity contribution in [3.63, 3.8) is 0 Å². The molecule has 2 aliphatic heterocycles. The second-order valence-electron chi connectivity index (χ2n) is 8.80. The van der Waals surface area contributed by atoms with Gasteiger partial charge in [0.1, 0.15) is 5.75 Å². The van der Waals surface area contributed by atoms with Gasteiger partial charge in [-0.2, -0.15) is 0 Å². The molecule has 1 fully saturated rings. The molecule has 3 aromatic carbocycles. The number of rotatable bonds is 4. The molecule has 0 aromatic heterocycles. The predicted octanol–water partition coefficient (Wildman–Crippen LogP) is 3.86. The third-order valence-electron chi connectivity index (χ3n) is 6.78. The molecular formula is C28H29N3O3. The zero-order chi connectivity index (χ0) is 23.5. The van der Waals surface area contributed by atoms with Crippen LogP contribution in [0.4, 0.5) is 5.69 Å². The summed E-state index contributed by atoms with van der Waals surface area (Å²) in [6.45, 7) is 3.97. The van der Waals surface area contributed by atoms with Gasteiger partial charge < -0.3 is 19.4 Å². The van der Waals surface area contributed by atoms with Gasteiger partial charge in [0.05, 0.1) is 7.11 Å². The zero-order valence-corrected chi connectivity index (χ0v) is 19.4. The van der Waals surface area contributed by atoms with Crippen molar-refractivity contribution in [3.8, 4) is 5.75 Å². The smallest absolute Gasteiger partial charge is 0.254 e. The Hall–Kier alpha value is -3.80. The topological polar surface area (TPSA) is 53.1 Å². The van der Waals surface area contributed by atoms with Crippen LogP contribution in [0.1, 0.15) is 31.8 Å². The number of fused-ring (bicyclic) bond motifs is 1. The van der Waals surface area contributed by atoms with Crippen molar-refractivity contribution in [3.05, 3.63) is 95.1 Å². The summed E-state index contributed by atoms with van der Waals surface area (Å²) in [6, 6.07) is 23.7. The second-order valence-corrected chi connectivity index (χ2v) is 8.80. The number of ether oxygens (including phenoxy) is 1. The highest BCUT2D eigenvalue weighted by Gasteiger charge is 2.26. The van der Waals surface area contributed by atoms with Gasteiger partial charge in [-0.3, -0.25) is 9.59 Å². The molecule has 2 heterocycles. The van der Waals surface area contributed by atoms with E-state index >= 15 is 0 Å². The van der Waals surface area contributed by atoms with Gasteiger partial charge in [0.15, 0.2) is 0 Å². The van der Waals surface area contributed by atoms with Crippen LogP contribution in [0.25, 0.3) is 0 Å². The van der Waals surface area contributed by atoms with E-state index in [9.17, 15) is 9.59 Å². The Labute approximate surface area is 200 Å². The lowest BCUT2D eigenvalue weighted by Gasteiger charge is -2.35. The van der Waals surface area contributed by atoms with Crippen LogP contribution in [-0.4, -0.2) is 61.4 Å². The van der Waals surface area contributed by atoms with Crippen molar-refractivity contribution in [1.29, 1.82) is 0 Å². The lowest BCUT2D eigenvalue weighted by atomic mass is 9.99. The number of anilines is 1. The number of carbonyl (C=O) groups is 2. The Kier molecular flexibility index (Phi) is 6.21. The van der Waals surface area contributed by atoms with E-state index in [0.717, 1.165) is 25.2 Å². The molecule has 0 atom stereocenters. The maximum Gasteiger partial charge on any atom is 0.254 e. The fourth-order valence-corrected chi connectivity index (χ4v) is 4.76. The monoisotopic (exact) mass is 455 g/mol. The average molecular weight is 456 g/mol. The fourth-order valence-electron chi connectivity index (χ4n) is 4.76. The first kappa shape index (κ1) is 22.0. The van der Waals surface area contributed by atoms with E-state index in [0.29, 0.717) is 43.1 Å². The van der Waals surface area contributed by atoms with Crippen LogP contribution in [0.15, 0.2) is 72.8 Å². The van der Waals surface area contributed by atoms with Gasteiger partial charge in [0.2, 0.25) is 0 Å². The number of nitrogens with zero attached hydrogens (tertiary/aromatic N) is 3. The molecule has 0 radical (unpaired) electrons. The summed E-state index contributed by atoms with van der Waals surface area (Å²) in [5.74, 6) is 0.652. The molecule has 174 valence electrons. The summed E-state index contributed by atoms with van der Waals surface area (Å²) in [5.41, 5.74) is 5.23. The minimum Gasteiger partial charge on any atom is -0.497 e. The van der Waals surface area contributed by atoms with E-state index in [1.807, 2.05) is 41.3 Å². The van der Waals surface area contributed by atoms with Crippen LogP contribution in [0, 0.1) is 0 Å². The van der Waals surface area contributed by atoms with Gasteiger partial charge in [-0.25, -0.2) is 0 Å². The molecule has 0 N–H and O–H groups in total. The third-order valence-corrected chi connectivity index (χ3v) is 6.78. The molecule has 34 heavy (non-hydrogen) atoms. The van der Waals surface area contributed by atoms with Crippen molar-refractivity contribution in [2.45, 2.75) is 13.0 Å². The van der Waals surface area contributed by atoms with Crippen molar-refractivity contribution in [2.24, 2.45) is 0 Å². The van der Waals surface area contributed by atoms with Crippen molar-refractivity contribution < 1.29 is 14.3 Å². The Balaban J connectivity index is 1.18. The molecule has 0 aliphatic carbocycles. The largest absolute Gasteiger partial charge is 0.497 e. The van der Waals surface area contributed by atoms with E-state index in [1.165, 1.54) is 11.1 Å². The Morgan fingerprint density at radius 3 is 2.03 bits per heavy atom. The molecular weight excluding hydrogens is 426 g/mol. The average Bonchev–Trinajstić information content (AvgIpc) is 2.92. The molecule has 2 aliphatic rings. The van der Waals surface area contributed by atoms with Crippen LogP contribution in [0.5, 0.6) is 5.75 Å². The highest BCUT2D eigenvalue weighted by molar-refractivity contribution is 5.96. The Bertz CT molecular complexity index is 1180. The van der Waals surface area contributed by atoms with Gasteiger partial charge in [0, 0.05) is 56.1 Å². The zero-order valence-electron chi connectivity index (χ0n) is 19.4. The normalized spacial score (nSPS) is 15.6. The van der Waals surface area contributed by atoms with Crippen LogP contribution >= 0.6 is 0 Å². The minimum absolute atomic E-state index is 0.0176. The standard InChI is InChI=1S/C28H29N3O3/c1-34-26-8-4-7-23(19-26)28(33)30-17-15-29(16-18-30)27(32)22-9-11-25(12-10-22)31-14-13-21-5-2-3-6-24(21)20-31/h2-12,19H,13-18,20H2,1H3. The first-order valence-corrected chi connectivity index (χ1v) is 11.8. The van der Waals surface area contributed by atoms with E-state index in [-0.39, 0.29) is 11.8 Å². The predicted molar refractivity (Wildman–Crippen MR) is 132 cm³/mol. The van der Waals surface area contributed by atoms with Crippen molar-refractivity contribution >= 4 is 17.5 Å². The Morgan fingerprint density at radius 2 is 1.35 bits per heavy atom. The number of hydrogen-bond donors (Lipinski definition) is 0. The molecule has 0 saturated carbocycles. The third kappa shape index (κ3) is 4.49. The molecule has 3 aromatic rings. The summed E-state index contributed by atoms with van der Waals surface area (Å²) < 4.78 is 5.23. The van der Waals surface area contributed by atoms with E-state index in [4.69, 9.17) is 4.74 Å². The molecule has 0 unspecified atom stereocenters. The first-order valence-electron chi connectivity index (χ1n) is 11.8. The molecule has 6 nitrogen and oxygen atoms in total. The van der Waals surface area contributed by atoms with Crippen LogP contribution in [0.2, 0.25) is 0 Å². The van der Waals surface area contributed by atoms with Crippen molar-refractivity contribution in [1.82, 2.24) is 9.80 Å². The van der Waals surface area contributed by atoms with E-state index < -0.39 is 0 Å². The molecule has 5 rings (SSSR count). The van der Waals surface area contributed by atoms with Gasteiger partial charge in [-0.15, -0.1) is 0 Å². The molecule has 6 heteroatoms. The van der Waals surface area contributed by atoms with E-state index in [2.05, 4.69) is 29.2 Å². The fraction of sp³-hybridized carbons (Fsp3) is 0.286. The number of piperazine rings is 1. The number of hydrogen-bond acceptors (Lipinski definition) is 4. The lowest BCUT2D eigenvalue weighted by Crippen LogP contribution is -2.50. The summed E-state index contributed by atoms with van der Waals surface area (Å²) in [5, 5.41) is 0. The van der Waals surface area contributed by atoms with E-state index in [1.54, 1.807) is 24.1 Å². The summed E-state index contributed by atoms with van der Waals surface area (Å²) in [6.07, 6.45) is 1.04. The number of amides is 2. The molecule has 0 bridgehead atoms. The summed E-state index contributed by atoms with van der Waals surface area (Å²) in [7, 11) is 1.59. The lowest BCUT2D eigenvalue weighted by molar-refractivity contribution is 0.0535. The van der Waals surface area contributed by atoms with Crippen LogP contribution < -0.4 is 9.64 Å². The summed E-state index contributed by atoms with van der Waals surface area (Å²) >= 11 is 0. The van der Waals surface area contributed by atoms with Crippen LogP contribution in [0.3, 0.4) is 0 Å². The highest BCUT2D eigenvalue weighted by atomic mass is 16.5. The number of benzene rings is 3. The second kappa shape index (κ2) is 9.59. The van der Waals surface area contributed by atoms with Crippen molar-refractivity contribution in [2.75, 3.05) is 44.7 Å². The maximum absolute atomic E-state index is 13.1. The quantitative estimate of drug-likeness (QED) is 0.600. The van der Waals surface area contributed by atoms with Crippen LogP contribution in [-0.2, 0) is 13.0 Å². The minimum atomic E-state index is -0.0292. The van der Waals surface area contributed by atoms with Gasteiger partial charge >= 0.3 is 0 Å². The molecule has 0 spiro atoms. The molecule has 1 saturated heterocycles. The van der Waals surface area contributed by atoms with Gasteiger partial charge in [0.25, 0.3) is 11.8 Å². The first-order chi connectivity index (χ1) is 16.6. The van der Waals surface area contributed by atoms with Gasteiger partial charge in [-0.05, 0) is 60.0 Å². The Morgan fingerprint density at radius 1 is 0.706 bits per heavy atom. The SMILES string of the molecule is COc1cccc(C(=O)N2CCN(C(=O)c3ccc(N4CCc5ccccc5C4)cc3)CC2)c1. The number of carbonyl (C=O) groups excluding carboxylic acids is 2. The maximum atomic E-state index is 13.1. The summed E-state index contributed by atoms with van der Waals surface area (Å²) in [4.78, 5) is 31.9. The highest BCUT2D eigenvalue weighted by Crippen LogP contribution is 2.25.